The molecule has 6 aromatic rings. The molecule has 63 heavy (non-hydrogen) atoms. The minimum absolute atomic E-state index is 0.0235. The Balaban J connectivity index is 1.22. The summed E-state index contributed by atoms with van der Waals surface area (Å²) in [6.45, 7) is 12.0. The normalized spacial score (nSPS) is 11.8. The highest BCUT2D eigenvalue weighted by molar-refractivity contribution is 6.34. The molecule has 2 heterocycles. The molecule has 0 saturated heterocycles. The average Bonchev–Trinajstić information content (AvgIpc) is 3.20. The van der Waals surface area contributed by atoms with Crippen LogP contribution in [0.15, 0.2) is 109 Å². The van der Waals surface area contributed by atoms with Gasteiger partial charge in [0, 0.05) is 36.7 Å². The van der Waals surface area contributed by atoms with Crippen molar-refractivity contribution in [2.45, 2.75) is 58.5 Å². The van der Waals surface area contributed by atoms with Gasteiger partial charge >= 0.3 is 12.1 Å². The van der Waals surface area contributed by atoms with E-state index in [2.05, 4.69) is 31.2 Å². The number of nitrogens with one attached hydrogen (secondary N) is 4. The molecule has 0 aliphatic carbocycles. The summed E-state index contributed by atoms with van der Waals surface area (Å²) in [6, 6.07) is 22.2. The van der Waals surface area contributed by atoms with Crippen LogP contribution in [0.5, 0.6) is 23.0 Å². The first-order valence-corrected chi connectivity index (χ1v) is 20.2. The summed E-state index contributed by atoms with van der Waals surface area (Å²) in [5.41, 5.74) is 7.17. The van der Waals surface area contributed by atoms with E-state index in [1.165, 1.54) is 60.9 Å². The van der Waals surface area contributed by atoms with E-state index < -0.39 is 29.9 Å². The fraction of sp³-hybridized carbons (Fsp3) is 0.196. The molecular formula is C46H44Cl2F2N8O5. The number of anilines is 6. The number of hydrogen-bond acceptors (Lipinski definition) is 9. The lowest BCUT2D eigenvalue weighted by molar-refractivity contribution is -0.108. The number of nitrogens with zero attached hydrogens (tertiary/aromatic N) is 3. The molecule has 0 saturated carbocycles. The van der Waals surface area contributed by atoms with Crippen molar-refractivity contribution in [2.75, 3.05) is 31.9 Å². The summed E-state index contributed by atoms with van der Waals surface area (Å²) in [7, 11) is 0. The maximum absolute atomic E-state index is 16.1. The average molecular weight is 898 g/mol. The molecule has 0 aliphatic rings. The third kappa shape index (κ3) is 11.7. The molecule has 6 N–H and O–H groups in total. The molecule has 0 fully saturated rings. The molecule has 13 nitrogen and oxygen atoms in total. The summed E-state index contributed by atoms with van der Waals surface area (Å²) < 4.78 is 43.1. The first kappa shape index (κ1) is 45.6. The number of benzene rings is 4. The van der Waals surface area contributed by atoms with Gasteiger partial charge < -0.3 is 36.5 Å². The lowest BCUT2D eigenvalue weighted by atomic mass is 9.87. The van der Waals surface area contributed by atoms with Crippen LogP contribution in [0.2, 0.25) is 10.0 Å². The number of urea groups is 2. The minimum atomic E-state index is -1.57. The summed E-state index contributed by atoms with van der Waals surface area (Å²) >= 11 is 12.8. The molecule has 326 valence electrons. The van der Waals surface area contributed by atoms with E-state index in [0.29, 0.717) is 22.7 Å². The molecule has 0 bridgehead atoms. The highest BCUT2D eigenvalue weighted by Crippen LogP contribution is 2.34. The number of carbonyl (C=O) groups is 3. The minimum Gasteiger partial charge on any atom is -0.457 e. The van der Waals surface area contributed by atoms with Gasteiger partial charge in [-0.2, -0.15) is 0 Å². The van der Waals surface area contributed by atoms with Crippen molar-refractivity contribution in [1.29, 1.82) is 0 Å². The van der Waals surface area contributed by atoms with Crippen molar-refractivity contribution < 1.29 is 32.6 Å². The van der Waals surface area contributed by atoms with E-state index in [1.807, 2.05) is 53.7 Å². The molecule has 17 heteroatoms. The van der Waals surface area contributed by atoms with Crippen LogP contribution in [0.1, 0.15) is 52.7 Å². The molecule has 0 radical (unpaired) electrons. The maximum Gasteiger partial charge on any atom is 0.328 e. The number of pyridine rings is 2. The largest absolute Gasteiger partial charge is 0.457 e. The number of aldehydes is 1. The van der Waals surface area contributed by atoms with E-state index in [-0.39, 0.29) is 61.8 Å². The fourth-order valence-electron chi connectivity index (χ4n) is 6.05. The smallest absolute Gasteiger partial charge is 0.328 e. The van der Waals surface area contributed by atoms with Crippen molar-refractivity contribution in [1.82, 2.24) is 9.97 Å². The number of carbonyl (C=O) groups excluding carboxylic acids is 3. The number of amides is 4. The Labute approximate surface area is 372 Å². The van der Waals surface area contributed by atoms with Crippen LogP contribution in [-0.4, -0.2) is 34.5 Å². The van der Waals surface area contributed by atoms with Crippen LogP contribution in [0, 0.1) is 11.6 Å². The van der Waals surface area contributed by atoms with E-state index in [9.17, 15) is 14.4 Å². The molecule has 1 unspecified atom stereocenters. The molecule has 0 aliphatic heterocycles. The van der Waals surface area contributed by atoms with Gasteiger partial charge in [0.05, 0.1) is 32.8 Å². The fourth-order valence-corrected chi connectivity index (χ4v) is 6.38. The Hall–Kier alpha value is -6.97. The van der Waals surface area contributed by atoms with Gasteiger partial charge in [0.1, 0.15) is 40.5 Å². The van der Waals surface area contributed by atoms with Crippen LogP contribution < -0.4 is 41.4 Å². The van der Waals surface area contributed by atoms with Gasteiger partial charge in [-0.1, -0.05) is 76.9 Å². The number of hydrogen-bond donors (Lipinski definition) is 5. The van der Waals surface area contributed by atoms with Crippen molar-refractivity contribution in [3.05, 3.63) is 142 Å². The van der Waals surface area contributed by atoms with Crippen LogP contribution >= 0.6 is 23.2 Å². The Morgan fingerprint density at radius 1 is 0.667 bits per heavy atom. The number of ether oxygens (including phenoxy) is 2. The van der Waals surface area contributed by atoms with E-state index in [1.54, 1.807) is 24.3 Å². The van der Waals surface area contributed by atoms with Crippen molar-refractivity contribution in [3.8, 4) is 23.0 Å². The Bertz CT molecular complexity index is 2670. The maximum atomic E-state index is 16.1. The van der Waals surface area contributed by atoms with Gasteiger partial charge in [0.15, 0.2) is 18.3 Å². The second-order valence-electron chi connectivity index (χ2n) is 16.2. The molecule has 1 atom stereocenters. The summed E-state index contributed by atoms with van der Waals surface area (Å²) in [6.07, 6.45) is 1.59. The van der Waals surface area contributed by atoms with Gasteiger partial charge in [-0.3, -0.25) is 9.69 Å². The van der Waals surface area contributed by atoms with Gasteiger partial charge in [-0.05, 0) is 82.6 Å². The third-order valence-corrected chi connectivity index (χ3v) is 10.1. The number of aromatic nitrogens is 2. The molecule has 4 aromatic carbocycles. The Kier molecular flexibility index (Phi) is 13.7. The van der Waals surface area contributed by atoms with Crippen LogP contribution in [0.3, 0.4) is 0 Å². The lowest BCUT2D eigenvalue weighted by Crippen LogP contribution is -2.49. The summed E-state index contributed by atoms with van der Waals surface area (Å²) in [5.74, 6) is -0.949. The second-order valence-corrected chi connectivity index (χ2v) is 17.1. The molecule has 6 rings (SSSR count). The van der Waals surface area contributed by atoms with E-state index in [4.69, 9.17) is 38.4 Å². The van der Waals surface area contributed by atoms with E-state index >= 15 is 8.78 Å². The number of nitrogen functional groups attached to an aromatic ring is 1. The quantitative estimate of drug-likeness (QED) is 0.0592. The predicted molar refractivity (Wildman–Crippen MR) is 244 cm³/mol. The first-order valence-electron chi connectivity index (χ1n) is 19.4. The van der Waals surface area contributed by atoms with Gasteiger partial charge in [0.25, 0.3) is 0 Å². The first-order chi connectivity index (χ1) is 29.8. The molecular weight excluding hydrogens is 853 g/mol. The monoisotopic (exact) mass is 896 g/mol. The van der Waals surface area contributed by atoms with Crippen molar-refractivity contribution >= 4 is 75.9 Å². The highest BCUT2D eigenvalue weighted by atomic mass is 35.5. The van der Waals surface area contributed by atoms with Crippen LogP contribution in [-0.2, 0) is 15.6 Å². The molecule has 4 amide bonds. The summed E-state index contributed by atoms with van der Waals surface area (Å²) in [4.78, 5) is 48.9. The second kappa shape index (κ2) is 19.0. The number of halogens is 4. The number of nitrogens with two attached hydrogens (primary N) is 1. The molecule has 0 spiro atoms. The van der Waals surface area contributed by atoms with Gasteiger partial charge in [0.2, 0.25) is 0 Å². The van der Waals surface area contributed by atoms with Crippen molar-refractivity contribution in [2.24, 2.45) is 0 Å². The third-order valence-electron chi connectivity index (χ3n) is 9.40. The Morgan fingerprint density at radius 2 is 1.19 bits per heavy atom. The SMILES string of the molecule is CC(C)(C)c1ccc(Cl)c(NC(=O)Nc2ccc(Oc3ccnc(NC(C=O)N(C(=O)Nc4cc(C(C)(C)C)ccc4Cl)c4ccc(Oc5ccnc(N)c5)cc4F)c3)cc2F)c1. The number of rotatable bonds is 12. The van der Waals surface area contributed by atoms with E-state index in [0.717, 1.165) is 28.2 Å². The molecule has 2 aromatic heterocycles. The predicted octanol–water partition coefficient (Wildman–Crippen LogP) is 12.1. The lowest BCUT2D eigenvalue weighted by Gasteiger charge is -2.30. The van der Waals surface area contributed by atoms with Gasteiger partial charge in [-0.15, -0.1) is 0 Å². The van der Waals surface area contributed by atoms with Crippen LogP contribution in [0.4, 0.5) is 52.8 Å². The van der Waals surface area contributed by atoms with Crippen LogP contribution in [0.25, 0.3) is 0 Å². The highest BCUT2D eigenvalue weighted by Gasteiger charge is 2.30. The zero-order valence-corrected chi connectivity index (χ0v) is 36.5. The zero-order chi connectivity index (χ0) is 45.6. The zero-order valence-electron chi connectivity index (χ0n) is 35.0. The van der Waals surface area contributed by atoms with Crippen molar-refractivity contribution in [3.63, 3.8) is 0 Å². The van der Waals surface area contributed by atoms with Gasteiger partial charge in [-0.25, -0.2) is 28.3 Å². The summed E-state index contributed by atoms with van der Waals surface area (Å²) in [5, 5.41) is 11.2. The Morgan fingerprint density at radius 3 is 1.75 bits per heavy atom. The standard InChI is InChI=1S/C46H44Cl2F2N8O5/c1-45(2,3)26-7-11-32(47)37(19-26)55-43(60)54-36-13-9-28(21-34(36)49)63-31-16-18-53-41(24-31)57-42(25-59)58(44(61)56-38-20-27(46(4,5)6)8-12-33(38)48)39-14-10-29(22-35(39)50)62-30-15-17-52-40(51)23-30/h7-25,42H,1-6H3,(H2,51,52)(H,53,57)(H,56,61)(H2,54,55,60). The topological polar surface area (TPSA) is 173 Å².